The van der Waals surface area contributed by atoms with Crippen LogP contribution in [0.15, 0.2) is 74.3 Å². The number of fused-ring (bicyclic) bond motifs is 1. The lowest BCUT2D eigenvalue weighted by Crippen LogP contribution is -2.48. The van der Waals surface area contributed by atoms with Crippen molar-refractivity contribution in [2.45, 2.75) is 72.1 Å². The zero-order valence-corrected chi connectivity index (χ0v) is 26.6. The zero-order chi connectivity index (χ0) is 31.3. The number of aryl methyl sites for hydroxylation is 2. The van der Waals surface area contributed by atoms with E-state index in [0.29, 0.717) is 34.1 Å². The molecule has 0 bridgehead atoms. The van der Waals surface area contributed by atoms with Gasteiger partial charge in [0.1, 0.15) is 12.3 Å². The van der Waals surface area contributed by atoms with E-state index in [-0.39, 0.29) is 17.9 Å². The number of rotatable bonds is 11. The second kappa shape index (κ2) is 13.5. The van der Waals surface area contributed by atoms with Gasteiger partial charge in [0.05, 0.1) is 10.9 Å². The molecule has 1 atom stereocenters. The van der Waals surface area contributed by atoms with Crippen molar-refractivity contribution in [1.29, 1.82) is 0 Å². The summed E-state index contributed by atoms with van der Waals surface area (Å²) < 4.78 is 6.33. The number of nitrogens with zero attached hydrogens (tertiary/aromatic N) is 3. The minimum Gasteiger partial charge on any atom is -0.465 e. The van der Waals surface area contributed by atoms with E-state index < -0.39 is 23.3 Å². The summed E-state index contributed by atoms with van der Waals surface area (Å²) in [6.07, 6.45) is 0.945. The Hall–Kier alpha value is -4.02. The monoisotopic (exact) mass is 648 g/mol. The second-order valence-electron chi connectivity index (χ2n) is 11.4. The van der Waals surface area contributed by atoms with Crippen molar-refractivity contribution in [2.24, 2.45) is 0 Å². The number of amides is 1. The maximum absolute atomic E-state index is 13.6. The lowest BCUT2D eigenvalue weighted by Gasteiger charge is -2.33. The van der Waals surface area contributed by atoms with Crippen LogP contribution in [0.3, 0.4) is 0 Å². The van der Waals surface area contributed by atoms with Gasteiger partial charge in [0.15, 0.2) is 0 Å². The van der Waals surface area contributed by atoms with Crippen molar-refractivity contribution < 1.29 is 19.1 Å². The number of hydrogen-bond acceptors (Lipinski definition) is 7. The molecule has 2 N–H and O–H groups in total. The van der Waals surface area contributed by atoms with Gasteiger partial charge in [0.25, 0.3) is 0 Å². The number of halogens is 1. The van der Waals surface area contributed by atoms with Crippen molar-refractivity contribution in [3.05, 3.63) is 103 Å². The van der Waals surface area contributed by atoms with Crippen molar-refractivity contribution in [3.63, 3.8) is 0 Å². The van der Waals surface area contributed by atoms with Crippen molar-refractivity contribution in [2.75, 3.05) is 5.01 Å². The fourth-order valence-electron chi connectivity index (χ4n) is 5.06. The van der Waals surface area contributed by atoms with E-state index in [1.807, 2.05) is 69.3 Å². The van der Waals surface area contributed by atoms with Gasteiger partial charge in [-0.1, -0.05) is 61.5 Å². The van der Waals surface area contributed by atoms with Gasteiger partial charge in [0, 0.05) is 29.5 Å². The van der Waals surface area contributed by atoms with Gasteiger partial charge in [-0.15, -0.1) is 0 Å². The molecule has 0 aliphatic heterocycles. The summed E-state index contributed by atoms with van der Waals surface area (Å²) in [5.41, 5.74) is 6.75. The number of aromatic nitrogens is 1. The summed E-state index contributed by atoms with van der Waals surface area (Å²) in [7, 11) is 0. The van der Waals surface area contributed by atoms with Gasteiger partial charge < -0.3 is 14.3 Å². The van der Waals surface area contributed by atoms with E-state index in [4.69, 9.17) is 9.40 Å². The van der Waals surface area contributed by atoms with E-state index in [1.54, 1.807) is 13.0 Å². The van der Waals surface area contributed by atoms with Gasteiger partial charge in [-0.05, 0) is 83.9 Å². The molecule has 226 valence electrons. The van der Waals surface area contributed by atoms with Crippen LogP contribution in [0.2, 0.25) is 0 Å². The third-order valence-electron chi connectivity index (χ3n) is 7.51. The topological polar surface area (TPSA) is 116 Å². The highest BCUT2D eigenvalue weighted by molar-refractivity contribution is 9.10. The summed E-state index contributed by atoms with van der Waals surface area (Å²) in [6.45, 7) is 9.73. The van der Waals surface area contributed by atoms with Gasteiger partial charge in [0.2, 0.25) is 0 Å². The predicted octanol–water partition coefficient (Wildman–Crippen LogP) is 6.42. The third kappa shape index (κ3) is 7.32. The summed E-state index contributed by atoms with van der Waals surface area (Å²) in [5.74, 6) is 0. The highest BCUT2D eigenvalue weighted by atomic mass is 79.9. The average Bonchev–Trinajstić information content (AvgIpc) is 2.97. The number of nitrogens with one attached hydrogen (secondary N) is 1. The van der Waals surface area contributed by atoms with Gasteiger partial charge in [-0.2, -0.15) is 4.98 Å². The predicted molar refractivity (Wildman–Crippen MR) is 171 cm³/mol. The number of carbonyl (C=O) groups is 2. The van der Waals surface area contributed by atoms with E-state index in [0.717, 1.165) is 29.4 Å². The molecule has 4 aromatic rings. The number of anilines is 1. The van der Waals surface area contributed by atoms with Crippen LogP contribution in [-0.2, 0) is 30.7 Å². The first-order valence-electron chi connectivity index (χ1n) is 14.2. The number of carboxylic acid groups (broad SMARTS) is 1. The first kappa shape index (κ1) is 31.9. The lowest BCUT2D eigenvalue weighted by atomic mass is 10.0. The molecule has 9 nitrogen and oxygen atoms in total. The molecule has 0 saturated carbocycles. The maximum Gasteiger partial charge on any atom is 0.408 e. The molecule has 1 aromatic heterocycles. The van der Waals surface area contributed by atoms with Crippen LogP contribution >= 0.6 is 15.9 Å². The molecule has 0 unspecified atom stereocenters. The number of aldehydes is 1. The minimum absolute atomic E-state index is 0.0470. The minimum atomic E-state index is -1.06. The Balaban J connectivity index is 1.80. The van der Waals surface area contributed by atoms with Crippen molar-refractivity contribution in [3.8, 4) is 0 Å². The molecule has 1 heterocycles. The second-order valence-corrected chi connectivity index (χ2v) is 12.3. The Labute approximate surface area is 259 Å². The van der Waals surface area contributed by atoms with Crippen LogP contribution in [0.1, 0.15) is 55.5 Å². The van der Waals surface area contributed by atoms with E-state index in [2.05, 4.69) is 34.3 Å². The number of benzene rings is 3. The van der Waals surface area contributed by atoms with Gasteiger partial charge in [-0.3, -0.25) is 9.91 Å². The quantitative estimate of drug-likeness (QED) is 0.141. The van der Waals surface area contributed by atoms with Crippen LogP contribution < -0.4 is 16.1 Å². The molecule has 0 saturated heterocycles. The van der Waals surface area contributed by atoms with Crippen molar-refractivity contribution >= 4 is 45.2 Å². The summed E-state index contributed by atoms with van der Waals surface area (Å²) >= 11 is 3.56. The Morgan fingerprint density at radius 2 is 1.74 bits per heavy atom. The van der Waals surface area contributed by atoms with Crippen LogP contribution in [0.5, 0.6) is 0 Å². The standard InChI is InChI=1S/C33H37BrN4O5/c1-6-23-14-10-11-15-24(23)18-35-38(26(20-39)16-22-12-8-7-9-13-22)31-36-29-27(34)17-25(21(2)28(29)30(40)43-31)19-37(32(41)42)33(3,4)5/h7-15,17,20,26,35H,6,16,18-19H2,1-5H3,(H,41,42)/t26-/m0/s1. The normalized spacial score (nSPS) is 12.2. The summed E-state index contributed by atoms with van der Waals surface area (Å²) in [6, 6.07) is 18.6. The van der Waals surface area contributed by atoms with Gasteiger partial charge in [-0.25, -0.2) is 15.0 Å². The molecule has 4 rings (SSSR count). The SMILES string of the molecule is CCc1ccccc1CNN(c1nc2c(Br)cc(CN(C(=O)O)C(C)(C)C)c(C)c2c(=O)o1)[C@H](C=O)Cc1ccccc1. The molecular weight excluding hydrogens is 612 g/mol. The van der Waals surface area contributed by atoms with E-state index in [1.165, 1.54) is 9.91 Å². The highest BCUT2D eigenvalue weighted by Gasteiger charge is 2.29. The summed E-state index contributed by atoms with van der Waals surface area (Å²) in [4.78, 5) is 44.2. The highest BCUT2D eigenvalue weighted by Crippen LogP contribution is 2.30. The van der Waals surface area contributed by atoms with Crippen LogP contribution in [0.4, 0.5) is 10.8 Å². The molecule has 0 aliphatic carbocycles. The van der Waals surface area contributed by atoms with Crippen LogP contribution in [-0.4, -0.2) is 39.0 Å². The number of hydrogen-bond donors (Lipinski definition) is 2. The number of hydrazine groups is 1. The smallest absolute Gasteiger partial charge is 0.408 e. The van der Waals surface area contributed by atoms with E-state index in [9.17, 15) is 19.5 Å². The fraction of sp³-hybridized carbons (Fsp3) is 0.333. The zero-order valence-electron chi connectivity index (χ0n) is 25.1. The Morgan fingerprint density at radius 3 is 2.35 bits per heavy atom. The average molecular weight is 650 g/mol. The molecule has 10 heteroatoms. The summed E-state index contributed by atoms with van der Waals surface area (Å²) in [5, 5.41) is 11.6. The molecule has 3 aromatic carbocycles. The van der Waals surface area contributed by atoms with Crippen LogP contribution in [0, 0.1) is 6.92 Å². The molecular formula is C33H37BrN4O5. The molecule has 0 spiro atoms. The molecule has 1 amide bonds. The van der Waals surface area contributed by atoms with Gasteiger partial charge >= 0.3 is 17.7 Å². The maximum atomic E-state index is 13.6. The third-order valence-corrected chi connectivity index (χ3v) is 8.11. The van der Waals surface area contributed by atoms with Crippen LogP contribution in [0.25, 0.3) is 10.9 Å². The molecule has 43 heavy (non-hydrogen) atoms. The largest absolute Gasteiger partial charge is 0.465 e. The molecule has 0 aliphatic rings. The molecule has 0 fully saturated rings. The molecule has 0 radical (unpaired) electrons. The first-order chi connectivity index (χ1) is 20.4. The fourth-order valence-corrected chi connectivity index (χ4v) is 5.62. The number of carbonyl (C=O) groups excluding carboxylic acids is 1. The van der Waals surface area contributed by atoms with E-state index >= 15 is 0 Å². The first-order valence-corrected chi connectivity index (χ1v) is 15.0. The lowest BCUT2D eigenvalue weighted by molar-refractivity contribution is -0.109. The Bertz CT molecular complexity index is 1670. The Morgan fingerprint density at radius 1 is 1.09 bits per heavy atom. The Kier molecular flexibility index (Phi) is 10.0. The van der Waals surface area contributed by atoms with Crippen molar-refractivity contribution in [1.82, 2.24) is 15.3 Å².